The van der Waals surface area contributed by atoms with Crippen LogP contribution >= 0.6 is 0 Å². The van der Waals surface area contributed by atoms with Crippen molar-refractivity contribution in [3.05, 3.63) is 157 Å². The van der Waals surface area contributed by atoms with Crippen molar-refractivity contribution in [2.45, 2.75) is 26.9 Å². The molecule has 39 heavy (non-hydrogen) atoms. The maximum Gasteiger partial charge on any atom is 0.228 e. The summed E-state index contributed by atoms with van der Waals surface area (Å²) in [6, 6.07) is 14.2. The Morgan fingerprint density at radius 3 is 2.05 bits per heavy atom. The van der Waals surface area contributed by atoms with Gasteiger partial charge in [0.2, 0.25) is 13.1 Å². The average molecular weight is 525 g/mol. The second-order valence-electron chi connectivity index (χ2n) is 7.90. The first kappa shape index (κ1) is 33.4. The van der Waals surface area contributed by atoms with Crippen molar-refractivity contribution in [1.82, 2.24) is 0 Å². The van der Waals surface area contributed by atoms with Crippen LogP contribution in [0.15, 0.2) is 115 Å². The number of benzene rings is 2. The van der Waals surface area contributed by atoms with Gasteiger partial charge >= 0.3 is 0 Å². The van der Waals surface area contributed by atoms with Crippen LogP contribution in [0.1, 0.15) is 29.2 Å². The average Bonchev–Trinajstić information content (AvgIpc) is 2.86. The van der Waals surface area contributed by atoms with E-state index in [0.29, 0.717) is 28.1 Å². The lowest BCUT2D eigenvalue weighted by Gasteiger charge is -1.96. The summed E-state index contributed by atoms with van der Waals surface area (Å²) in [5, 5.41) is 20.5. The molecule has 0 saturated heterocycles. The van der Waals surface area contributed by atoms with Crippen molar-refractivity contribution in [3.8, 4) is 24.2 Å². The molecule has 200 valence electrons. The Hall–Kier alpha value is -5.56. The highest BCUT2D eigenvalue weighted by Gasteiger charge is 2.01. The van der Waals surface area contributed by atoms with E-state index in [1.54, 1.807) is 55.5 Å². The van der Waals surface area contributed by atoms with Gasteiger partial charge in [0.05, 0.1) is 5.70 Å². The van der Waals surface area contributed by atoms with E-state index in [1.807, 2.05) is 25.1 Å². The van der Waals surface area contributed by atoms with Gasteiger partial charge in [0, 0.05) is 43.4 Å². The highest BCUT2D eigenvalue weighted by atomic mass is 16.6. The molecular weight excluding hydrogens is 492 g/mol. The molecule has 4 N–H and O–H groups in total. The van der Waals surface area contributed by atoms with Crippen molar-refractivity contribution in [2.24, 2.45) is 11.5 Å². The van der Waals surface area contributed by atoms with E-state index in [1.165, 1.54) is 0 Å². The third kappa shape index (κ3) is 17.5. The number of nitro groups is 2. The maximum absolute atomic E-state index is 10.4. The number of terminal acetylenes is 1. The van der Waals surface area contributed by atoms with Crippen LogP contribution in [0.2, 0.25) is 0 Å². The summed E-state index contributed by atoms with van der Waals surface area (Å²) in [5.41, 5.74) is 18.7. The third-order valence-corrected chi connectivity index (χ3v) is 4.35. The van der Waals surface area contributed by atoms with Crippen LogP contribution in [0.25, 0.3) is 0 Å². The lowest BCUT2D eigenvalue weighted by atomic mass is 10.1. The first-order chi connectivity index (χ1) is 18.4. The molecule has 2 rings (SSSR count). The first-order valence-electron chi connectivity index (χ1n) is 11.4. The van der Waals surface area contributed by atoms with Crippen LogP contribution in [-0.2, 0) is 13.1 Å². The Morgan fingerprint density at radius 2 is 1.59 bits per heavy atom. The summed E-state index contributed by atoms with van der Waals surface area (Å²) in [6.45, 7) is 14.0. The molecule has 0 aliphatic rings. The van der Waals surface area contributed by atoms with E-state index in [0.717, 1.165) is 16.7 Å². The van der Waals surface area contributed by atoms with Gasteiger partial charge in [0.1, 0.15) is 0 Å². The lowest BCUT2D eigenvalue weighted by molar-refractivity contribution is -0.496. The van der Waals surface area contributed by atoms with E-state index in [4.69, 9.17) is 17.9 Å². The zero-order valence-electron chi connectivity index (χ0n) is 22.1. The molecule has 0 atom stereocenters. The maximum atomic E-state index is 10.4. The smallest absolute Gasteiger partial charge is 0.228 e. The van der Waals surface area contributed by atoms with Gasteiger partial charge in [-0.3, -0.25) is 20.2 Å². The van der Waals surface area contributed by atoms with Gasteiger partial charge in [-0.15, -0.1) is 12.2 Å². The molecule has 0 amide bonds. The molecule has 0 bridgehead atoms. The summed E-state index contributed by atoms with van der Waals surface area (Å²) in [4.78, 5) is 19.8. The standard InChI is InChI=1S/C15H14N2O2.C8H9NO2.C8H9N/c1-3-13(9-12(2)16)7-8-14-5-4-6-15(10-14)11-17(18)19;1-7-3-2-4-8(5-7)6-9(10)11;1-4-7(3)6-8(9)5-2/h3-6,9-10H,1-2,11,16H2;2-5H,6H2,1H3;1,6H,2,9H2,3H3. The van der Waals surface area contributed by atoms with Crippen LogP contribution in [0, 0.1) is 51.3 Å². The molecular formula is C31H32N4O4. The van der Waals surface area contributed by atoms with Crippen molar-refractivity contribution >= 4 is 0 Å². The molecule has 0 aliphatic heterocycles. The first-order valence-corrected chi connectivity index (χ1v) is 11.4. The highest BCUT2D eigenvalue weighted by Crippen LogP contribution is 2.06. The quantitative estimate of drug-likeness (QED) is 0.164. The Bertz CT molecular complexity index is 1410. The summed E-state index contributed by atoms with van der Waals surface area (Å²) >= 11 is 0. The number of nitrogens with zero attached hydrogens (tertiary/aromatic N) is 2. The van der Waals surface area contributed by atoms with Crippen molar-refractivity contribution < 1.29 is 9.85 Å². The lowest BCUT2D eigenvalue weighted by Crippen LogP contribution is -1.97. The minimum atomic E-state index is -0.375. The molecule has 0 aliphatic carbocycles. The van der Waals surface area contributed by atoms with Gasteiger partial charge in [-0.2, -0.15) is 0 Å². The monoisotopic (exact) mass is 524 g/mol. The minimum absolute atomic E-state index is 0.0817. The van der Waals surface area contributed by atoms with Crippen molar-refractivity contribution in [1.29, 1.82) is 0 Å². The van der Waals surface area contributed by atoms with Crippen LogP contribution in [0.5, 0.6) is 0 Å². The van der Waals surface area contributed by atoms with E-state index in [-0.39, 0.29) is 22.9 Å². The molecule has 2 aromatic rings. The zero-order chi connectivity index (χ0) is 29.8. The summed E-state index contributed by atoms with van der Waals surface area (Å²) in [5.74, 6) is 8.21. The second-order valence-corrected chi connectivity index (χ2v) is 7.90. The van der Waals surface area contributed by atoms with Crippen LogP contribution in [-0.4, -0.2) is 9.85 Å². The third-order valence-electron chi connectivity index (χ3n) is 4.35. The largest absolute Gasteiger partial charge is 0.399 e. The van der Waals surface area contributed by atoms with Crippen LogP contribution in [0.3, 0.4) is 0 Å². The molecule has 0 fully saturated rings. The minimum Gasteiger partial charge on any atom is -0.399 e. The van der Waals surface area contributed by atoms with E-state index >= 15 is 0 Å². The molecule has 0 heterocycles. The summed E-state index contributed by atoms with van der Waals surface area (Å²) in [7, 11) is 0. The van der Waals surface area contributed by atoms with Gasteiger partial charge in [0.25, 0.3) is 0 Å². The van der Waals surface area contributed by atoms with Crippen LogP contribution in [0.4, 0.5) is 0 Å². The van der Waals surface area contributed by atoms with Gasteiger partial charge in [-0.05, 0) is 44.2 Å². The van der Waals surface area contributed by atoms with Crippen molar-refractivity contribution in [3.63, 3.8) is 0 Å². The number of rotatable bonds is 7. The van der Waals surface area contributed by atoms with E-state index in [2.05, 4.69) is 43.2 Å². The van der Waals surface area contributed by atoms with Gasteiger partial charge in [-0.1, -0.05) is 79.5 Å². The predicted octanol–water partition coefficient (Wildman–Crippen LogP) is 5.36. The van der Waals surface area contributed by atoms with Gasteiger partial charge in [-0.25, -0.2) is 0 Å². The zero-order valence-corrected chi connectivity index (χ0v) is 22.1. The summed E-state index contributed by atoms with van der Waals surface area (Å²) < 4.78 is 0. The molecule has 0 spiro atoms. The predicted molar refractivity (Wildman–Crippen MR) is 157 cm³/mol. The molecule has 8 nitrogen and oxygen atoms in total. The number of hydrogen-bond donors (Lipinski definition) is 2. The number of nitrogens with two attached hydrogens (primary N) is 2. The molecule has 8 heteroatoms. The van der Waals surface area contributed by atoms with E-state index < -0.39 is 0 Å². The highest BCUT2D eigenvalue weighted by molar-refractivity contribution is 5.47. The second kappa shape index (κ2) is 18.7. The molecule has 0 aromatic heterocycles. The Labute approximate surface area is 229 Å². The number of allylic oxidation sites excluding steroid dienone is 5. The summed E-state index contributed by atoms with van der Waals surface area (Å²) in [6.07, 6.45) is 9.87. The Balaban J connectivity index is 0.000000612. The fraction of sp³-hybridized carbons (Fsp3) is 0.129. The van der Waals surface area contributed by atoms with Gasteiger partial charge in [0.15, 0.2) is 0 Å². The normalized spacial score (nSPS) is 9.87. The number of hydrogen-bond acceptors (Lipinski definition) is 6. The SMILES string of the molecule is C#CC(C)=CC(N)=C=C.C=CC(C#Cc1cccc(C[N+](=O)[O-])c1)=CC(=C)N.Cc1cccc(C[N+](=O)[O-])c1. The van der Waals surface area contributed by atoms with Crippen LogP contribution < -0.4 is 11.5 Å². The van der Waals surface area contributed by atoms with E-state index in [9.17, 15) is 20.2 Å². The Morgan fingerprint density at radius 1 is 1.03 bits per heavy atom. The Kier molecular flexibility index (Phi) is 16.0. The topological polar surface area (TPSA) is 138 Å². The molecule has 0 unspecified atom stereocenters. The molecule has 0 radical (unpaired) electrons. The fourth-order valence-corrected chi connectivity index (χ4v) is 2.67. The van der Waals surface area contributed by atoms with Gasteiger partial charge < -0.3 is 11.5 Å². The number of aryl methyl sites for hydroxylation is 1. The van der Waals surface area contributed by atoms with Crippen molar-refractivity contribution in [2.75, 3.05) is 0 Å². The molecule has 0 saturated carbocycles. The molecule has 2 aromatic carbocycles. The fourth-order valence-electron chi connectivity index (χ4n) is 2.67.